The van der Waals surface area contributed by atoms with Crippen molar-refractivity contribution < 1.29 is 18.7 Å². The lowest BCUT2D eigenvalue weighted by atomic mass is 10.2. The third-order valence-corrected chi connectivity index (χ3v) is 3.77. The van der Waals surface area contributed by atoms with Crippen LogP contribution in [0.5, 0.6) is 11.5 Å². The van der Waals surface area contributed by atoms with Gasteiger partial charge in [0.2, 0.25) is 0 Å². The normalized spacial score (nSPS) is 10.3. The molecule has 0 atom stereocenters. The van der Waals surface area contributed by atoms with E-state index in [0.717, 1.165) is 6.07 Å². The monoisotopic (exact) mass is 401 g/mol. The Morgan fingerprint density at radius 3 is 2.70 bits per heavy atom. The van der Waals surface area contributed by atoms with Gasteiger partial charge in [-0.25, -0.2) is 4.39 Å². The van der Waals surface area contributed by atoms with Gasteiger partial charge in [0.15, 0.2) is 17.3 Å². The van der Waals surface area contributed by atoms with Crippen LogP contribution in [0.1, 0.15) is 17.3 Å². The van der Waals surface area contributed by atoms with Crippen molar-refractivity contribution in [3.05, 3.63) is 51.2 Å². The summed E-state index contributed by atoms with van der Waals surface area (Å²) in [6.07, 6.45) is 0. The molecule has 7 heteroatoms. The van der Waals surface area contributed by atoms with Gasteiger partial charge in [-0.2, -0.15) is 0 Å². The first kappa shape index (κ1) is 17.6. The van der Waals surface area contributed by atoms with Crippen LogP contribution in [0, 0.1) is 5.82 Å². The Bertz CT molecular complexity index is 740. The van der Waals surface area contributed by atoms with E-state index in [9.17, 15) is 9.18 Å². The number of ether oxygens (including phenoxy) is 2. The number of carbonyl (C=O) groups excluding carboxylic acids is 1. The van der Waals surface area contributed by atoms with E-state index in [1.165, 1.54) is 19.2 Å². The van der Waals surface area contributed by atoms with Crippen LogP contribution in [0.4, 0.5) is 10.1 Å². The molecule has 2 aromatic carbocycles. The first-order chi connectivity index (χ1) is 11.0. The Labute approximate surface area is 146 Å². The minimum absolute atomic E-state index is 0.0713. The third kappa shape index (κ3) is 4.14. The zero-order valence-corrected chi connectivity index (χ0v) is 14.8. The van der Waals surface area contributed by atoms with E-state index in [4.69, 9.17) is 21.1 Å². The van der Waals surface area contributed by atoms with Crippen LogP contribution in [0.2, 0.25) is 5.02 Å². The average molecular weight is 403 g/mol. The largest absolute Gasteiger partial charge is 0.494 e. The lowest BCUT2D eigenvalue weighted by Crippen LogP contribution is -2.13. The Hall–Kier alpha value is -1.79. The molecule has 2 aromatic rings. The minimum atomic E-state index is -0.613. The lowest BCUT2D eigenvalue weighted by molar-refractivity contribution is 0.102. The van der Waals surface area contributed by atoms with E-state index >= 15 is 0 Å². The van der Waals surface area contributed by atoms with Gasteiger partial charge in [-0.15, -0.1) is 0 Å². The summed E-state index contributed by atoms with van der Waals surface area (Å²) in [6.45, 7) is 2.24. The van der Waals surface area contributed by atoms with Gasteiger partial charge in [-0.1, -0.05) is 11.6 Å². The Morgan fingerprint density at radius 2 is 2.09 bits per heavy atom. The number of hydrogen-bond donors (Lipinski definition) is 1. The molecule has 0 aliphatic rings. The molecular weight excluding hydrogens is 389 g/mol. The number of carbonyl (C=O) groups is 1. The van der Waals surface area contributed by atoms with Gasteiger partial charge in [-0.05, 0) is 53.2 Å². The number of hydrogen-bond acceptors (Lipinski definition) is 3. The maximum Gasteiger partial charge on any atom is 0.255 e. The molecule has 0 spiro atoms. The maximum atomic E-state index is 13.7. The minimum Gasteiger partial charge on any atom is -0.494 e. The molecule has 0 saturated carbocycles. The van der Waals surface area contributed by atoms with E-state index in [2.05, 4.69) is 21.2 Å². The number of halogens is 3. The molecule has 122 valence electrons. The quantitative estimate of drug-likeness (QED) is 0.774. The van der Waals surface area contributed by atoms with Crippen LogP contribution in [0.15, 0.2) is 34.8 Å². The fourth-order valence-electron chi connectivity index (χ4n) is 1.95. The van der Waals surface area contributed by atoms with Gasteiger partial charge < -0.3 is 14.8 Å². The Kier molecular flexibility index (Phi) is 5.85. The molecule has 2 rings (SSSR count). The number of benzene rings is 2. The first-order valence-corrected chi connectivity index (χ1v) is 7.90. The third-order valence-electron chi connectivity index (χ3n) is 2.96. The summed E-state index contributed by atoms with van der Waals surface area (Å²) < 4.78 is 24.7. The van der Waals surface area contributed by atoms with Crippen molar-refractivity contribution in [2.75, 3.05) is 19.0 Å². The van der Waals surface area contributed by atoms with Gasteiger partial charge in [0.25, 0.3) is 5.91 Å². The Balaban J connectivity index is 2.31. The van der Waals surface area contributed by atoms with E-state index < -0.39 is 11.7 Å². The summed E-state index contributed by atoms with van der Waals surface area (Å²) in [6, 6.07) is 7.19. The molecule has 0 radical (unpaired) electrons. The molecule has 0 aliphatic heterocycles. The highest BCUT2D eigenvalue weighted by molar-refractivity contribution is 9.10. The highest BCUT2D eigenvalue weighted by Gasteiger charge is 2.15. The highest BCUT2D eigenvalue weighted by atomic mass is 79.9. The maximum absolute atomic E-state index is 13.7. The molecule has 0 saturated heterocycles. The zero-order chi connectivity index (χ0) is 17.0. The summed E-state index contributed by atoms with van der Waals surface area (Å²) >= 11 is 9.34. The standard InChI is InChI=1S/C16H14BrClFNO3/c1-3-23-15-11(17)7-10(18)8-13(15)20-16(21)9-4-5-14(22-2)12(19)6-9/h4-8H,3H2,1-2H3,(H,20,21). The number of methoxy groups -OCH3 is 1. The predicted molar refractivity (Wildman–Crippen MR) is 91.2 cm³/mol. The van der Waals surface area contributed by atoms with Gasteiger partial charge in [0.05, 0.1) is 23.9 Å². The zero-order valence-electron chi connectivity index (χ0n) is 12.5. The second-order valence-electron chi connectivity index (χ2n) is 4.50. The molecule has 0 bridgehead atoms. The molecule has 1 N–H and O–H groups in total. The SMILES string of the molecule is CCOc1c(Br)cc(Cl)cc1NC(=O)c1ccc(OC)c(F)c1. The van der Waals surface area contributed by atoms with E-state index in [1.54, 1.807) is 12.1 Å². The van der Waals surface area contributed by atoms with Crippen molar-refractivity contribution in [2.24, 2.45) is 0 Å². The summed E-state index contributed by atoms with van der Waals surface area (Å²) in [5.74, 6) is -0.569. The number of amides is 1. The molecule has 0 heterocycles. The van der Waals surface area contributed by atoms with Crippen molar-refractivity contribution >= 4 is 39.1 Å². The van der Waals surface area contributed by atoms with Crippen molar-refractivity contribution in [3.8, 4) is 11.5 Å². The van der Waals surface area contributed by atoms with Crippen LogP contribution >= 0.6 is 27.5 Å². The average Bonchev–Trinajstić information content (AvgIpc) is 2.50. The number of nitrogens with one attached hydrogen (secondary N) is 1. The Morgan fingerprint density at radius 1 is 1.35 bits per heavy atom. The number of rotatable bonds is 5. The van der Waals surface area contributed by atoms with Crippen LogP contribution < -0.4 is 14.8 Å². The van der Waals surface area contributed by atoms with E-state index in [-0.39, 0.29) is 11.3 Å². The van der Waals surface area contributed by atoms with Crippen molar-refractivity contribution in [2.45, 2.75) is 6.92 Å². The van der Waals surface area contributed by atoms with Gasteiger partial charge in [-0.3, -0.25) is 4.79 Å². The predicted octanol–water partition coefficient (Wildman–Crippen LogP) is 4.90. The topological polar surface area (TPSA) is 47.6 Å². The molecular formula is C16H14BrClFNO3. The van der Waals surface area contributed by atoms with Crippen LogP contribution in [0.25, 0.3) is 0 Å². The van der Waals surface area contributed by atoms with E-state index in [0.29, 0.717) is 27.5 Å². The summed E-state index contributed by atoms with van der Waals surface area (Å²) in [5, 5.41) is 3.10. The molecule has 1 amide bonds. The van der Waals surface area contributed by atoms with Gasteiger partial charge >= 0.3 is 0 Å². The number of anilines is 1. The summed E-state index contributed by atoms with van der Waals surface area (Å²) in [7, 11) is 1.36. The second-order valence-corrected chi connectivity index (χ2v) is 5.79. The lowest BCUT2D eigenvalue weighted by Gasteiger charge is -2.14. The first-order valence-electron chi connectivity index (χ1n) is 6.73. The van der Waals surface area contributed by atoms with Crippen molar-refractivity contribution in [1.82, 2.24) is 0 Å². The molecule has 0 unspecified atom stereocenters. The van der Waals surface area contributed by atoms with Crippen LogP contribution in [0.3, 0.4) is 0 Å². The van der Waals surface area contributed by atoms with Gasteiger partial charge in [0, 0.05) is 10.6 Å². The molecule has 0 aliphatic carbocycles. The molecule has 0 fully saturated rings. The second kappa shape index (κ2) is 7.66. The molecule has 23 heavy (non-hydrogen) atoms. The highest BCUT2D eigenvalue weighted by Crippen LogP contribution is 2.37. The molecule has 0 aromatic heterocycles. The van der Waals surface area contributed by atoms with Crippen LogP contribution in [-0.2, 0) is 0 Å². The van der Waals surface area contributed by atoms with E-state index in [1.807, 2.05) is 6.92 Å². The summed E-state index contributed by atoms with van der Waals surface area (Å²) in [5.41, 5.74) is 0.550. The fourth-order valence-corrected chi connectivity index (χ4v) is 2.87. The summed E-state index contributed by atoms with van der Waals surface area (Å²) in [4.78, 5) is 12.3. The fraction of sp³-hybridized carbons (Fsp3) is 0.188. The molecule has 4 nitrogen and oxygen atoms in total. The van der Waals surface area contributed by atoms with Crippen LogP contribution in [-0.4, -0.2) is 19.6 Å². The smallest absolute Gasteiger partial charge is 0.255 e. The van der Waals surface area contributed by atoms with Gasteiger partial charge in [0.1, 0.15) is 0 Å². The van der Waals surface area contributed by atoms with Crippen molar-refractivity contribution in [1.29, 1.82) is 0 Å². The van der Waals surface area contributed by atoms with Crippen molar-refractivity contribution in [3.63, 3.8) is 0 Å².